The molecule has 174 valence electrons. The highest BCUT2D eigenvalue weighted by atomic mass is 32.2. The van der Waals surface area contributed by atoms with E-state index in [1.54, 1.807) is 4.57 Å². The molecule has 1 aliphatic rings. The lowest BCUT2D eigenvalue weighted by molar-refractivity contribution is -0.118. The second-order valence-electron chi connectivity index (χ2n) is 8.51. The van der Waals surface area contributed by atoms with Gasteiger partial charge >= 0.3 is 0 Å². The first-order valence-corrected chi connectivity index (χ1v) is 12.7. The lowest BCUT2D eigenvalue weighted by Gasteiger charge is -2.13. The summed E-state index contributed by atoms with van der Waals surface area (Å²) >= 11 is 1.33. The Kier molecular flexibility index (Phi) is 6.76. The molecule has 0 saturated carbocycles. The summed E-state index contributed by atoms with van der Waals surface area (Å²) in [5.74, 6) is 0.686. The van der Waals surface area contributed by atoms with Crippen molar-refractivity contribution in [3.05, 3.63) is 82.2 Å². The van der Waals surface area contributed by atoms with Gasteiger partial charge in [0.15, 0.2) is 5.16 Å². The molecule has 1 aliphatic carbocycles. The molecule has 7 nitrogen and oxygen atoms in total. The number of nitrogens with one attached hydrogen (secondary N) is 1. The second kappa shape index (κ2) is 10.3. The third-order valence-corrected chi connectivity index (χ3v) is 7.08. The lowest BCUT2D eigenvalue weighted by Crippen LogP contribution is -2.26. The van der Waals surface area contributed by atoms with Gasteiger partial charge in [0.1, 0.15) is 0 Å². The van der Waals surface area contributed by atoms with Crippen LogP contribution in [0.15, 0.2) is 76.2 Å². The molecule has 0 bridgehead atoms. The molecule has 2 aromatic carbocycles. The van der Waals surface area contributed by atoms with Crippen molar-refractivity contribution in [3.8, 4) is 0 Å². The van der Waals surface area contributed by atoms with Crippen LogP contribution >= 0.6 is 11.8 Å². The first kappa shape index (κ1) is 22.4. The summed E-state index contributed by atoms with van der Waals surface area (Å²) in [5, 5.41) is 12.9. The minimum Gasteiger partial charge on any atom is -0.355 e. The number of amides is 1. The Hall–Kier alpha value is -3.39. The van der Waals surface area contributed by atoms with E-state index in [4.69, 9.17) is 0 Å². The Balaban J connectivity index is 1.37. The number of nitrogens with zero attached hydrogens (tertiary/aromatic N) is 4. The number of carbonyl (C=O) groups excluding carboxylic acids is 1. The van der Waals surface area contributed by atoms with Crippen LogP contribution in [0.25, 0.3) is 16.7 Å². The molecule has 8 heteroatoms. The molecule has 4 aromatic rings. The van der Waals surface area contributed by atoms with Gasteiger partial charge in [0.25, 0.3) is 5.56 Å². The molecule has 1 amide bonds. The zero-order valence-electron chi connectivity index (χ0n) is 18.9. The van der Waals surface area contributed by atoms with Crippen molar-refractivity contribution in [1.29, 1.82) is 0 Å². The number of aromatic nitrogens is 4. The van der Waals surface area contributed by atoms with Crippen molar-refractivity contribution < 1.29 is 4.79 Å². The molecule has 0 unspecified atom stereocenters. The second-order valence-corrected chi connectivity index (χ2v) is 9.45. The highest BCUT2D eigenvalue weighted by molar-refractivity contribution is 7.99. The smallest absolute Gasteiger partial charge is 0.263 e. The molecular weight excluding hydrogens is 446 g/mol. The fourth-order valence-electron chi connectivity index (χ4n) is 4.41. The van der Waals surface area contributed by atoms with Crippen LogP contribution in [-0.2, 0) is 11.3 Å². The number of allylic oxidation sites excluding steroid dienone is 1. The Labute approximate surface area is 201 Å². The van der Waals surface area contributed by atoms with Crippen molar-refractivity contribution in [3.63, 3.8) is 0 Å². The molecule has 0 atom stereocenters. The van der Waals surface area contributed by atoms with E-state index in [9.17, 15) is 9.59 Å². The number of hydrogen-bond acceptors (Lipinski definition) is 5. The molecule has 5 rings (SSSR count). The van der Waals surface area contributed by atoms with E-state index in [0.717, 1.165) is 30.3 Å². The average Bonchev–Trinajstić information content (AvgIpc) is 3.31. The maximum Gasteiger partial charge on any atom is 0.263 e. The number of hydrogen-bond donors (Lipinski definition) is 1. The number of thioether (sulfide) groups is 1. The molecule has 0 saturated heterocycles. The number of fused-ring (bicyclic) bond motifs is 3. The van der Waals surface area contributed by atoms with Crippen LogP contribution in [-0.4, -0.2) is 37.4 Å². The average molecular weight is 474 g/mol. The van der Waals surface area contributed by atoms with Crippen molar-refractivity contribution in [1.82, 2.24) is 24.5 Å². The van der Waals surface area contributed by atoms with Gasteiger partial charge in [0.2, 0.25) is 11.7 Å². The Bertz CT molecular complexity index is 1410. The van der Waals surface area contributed by atoms with Gasteiger partial charge in [0.05, 0.1) is 23.2 Å². The first-order valence-electron chi connectivity index (χ1n) is 11.7. The number of carbonyl (C=O) groups is 1. The van der Waals surface area contributed by atoms with Gasteiger partial charge < -0.3 is 5.32 Å². The van der Waals surface area contributed by atoms with Crippen LogP contribution in [0.1, 0.15) is 37.7 Å². The fraction of sp³-hybridized carbons (Fsp3) is 0.308. The Morgan fingerprint density at radius 2 is 1.85 bits per heavy atom. The SMILES string of the molecule is O=C(CSc1nnc2n(Cc3ccccc3)c(=O)c3ccccc3n12)NCCC1=CCCCC1. The highest BCUT2D eigenvalue weighted by Crippen LogP contribution is 2.22. The van der Waals surface area contributed by atoms with Gasteiger partial charge in [-0.1, -0.05) is 65.9 Å². The molecule has 0 radical (unpaired) electrons. The summed E-state index contributed by atoms with van der Waals surface area (Å²) in [6.07, 6.45) is 8.05. The summed E-state index contributed by atoms with van der Waals surface area (Å²) in [7, 11) is 0. The maximum absolute atomic E-state index is 13.3. The van der Waals surface area contributed by atoms with E-state index >= 15 is 0 Å². The fourth-order valence-corrected chi connectivity index (χ4v) is 5.18. The van der Waals surface area contributed by atoms with Crippen molar-refractivity contribution in [2.45, 2.75) is 43.8 Å². The highest BCUT2D eigenvalue weighted by Gasteiger charge is 2.18. The van der Waals surface area contributed by atoms with Crippen LogP contribution in [0.5, 0.6) is 0 Å². The quantitative estimate of drug-likeness (QED) is 0.307. The maximum atomic E-state index is 13.3. The van der Waals surface area contributed by atoms with Crippen LogP contribution < -0.4 is 10.9 Å². The third kappa shape index (κ3) is 4.77. The largest absolute Gasteiger partial charge is 0.355 e. The summed E-state index contributed by atoms with van der Waals surface area (Å²) < 4.78 is 3.52. The van der Waals surface area contributed by atoms with Crippen LogP contribution in [0.2, 0.25) is 0 Å². The predicted molar refractivity (Wildman–Crippen MR) is 135 cm³/mol. The van der Waals surface area contributed by atoms with E-state index in [1.165, 1.54) is 30.2 Å². The van der Waals surface area contributed by atoms with Crippen LogP contribution in [0, 0.1) is 0 Å². The van der Waals surface area contributed by atoms with Gasteiger partial charge in [-0.3, -0.25) is 18.6 Å². The van der Waals surface area contributed by atoms with Gasteiger partial charge in [-0.2, -0.15) is 0 Å². The Morgan fingerprint density at radius 3 is 2.68 bits per heavy atom. The normalized spacial score (nSPS) is 13.8. The first-order chi connectivity index (χ1) is 16.7. The molecular formula is C26H27N5O2S. The molecule has 0 fully saturated rings. The van der Waals surface area contributed by atoms with Gasteiger partial charge in [0, 0.05) is 6.54 Å². The zero-order valence-corrected chi connectivity index (χ0v) is 19.8. The third-order valence-electron chi connectivity index (χ3n) is 6.15. The molecule has 1 N–H and O–H groups in total. The monoisotopic (exact) mass is 473 g/mol. The van der Waals surface area contributed by atoms with Gasteiger partial charge in [-0.25, -0.2) is 0 Å². The summed E-state index contributed by atoms with van der Waals surface area (Å²) in [6, 6.07) is 17.3. The van der Waals surface area contributed by atoms with Gasteiger partial charge in [-0.15, -0.1) is 10.2 Å². The Morgan fingerprint density at radius 1 is 1.03 bits per heavy atom. The number of benzene rings is 2. The summed E-state index contributed by atoms with van der Waals surface area (Å²) in [5.41, 5.74) is 3.09. The molecule has 2 aromatic heterocycles. The van der Waals surface area contributed by atoms with Crippen LogP contribution in [0.4, 0.5) is 0 Å². The van der Waals surface area contributed by atoms with Crippen molar-refractivity contribution in [2.24, 2.45) is 0 Å². The van der Waals surface area contributed by atoms with Crippen LogP contribution in [0.3, 0.4) is 0 Å². The summed E-state index contributed by atoms with van der Waals surface area (Å²) in [6.45, 7) is 1.05. The minimum atomic E-state index is -0.106. The predicted octanol–water partition coefficient (Wildman–Crippen LogP) is 4.19. The summed E-state index contributed by atoms with van der Waals surface area (Å²) in [4.78, 5) is 25.8. The van der Waals surface area contributed by atoms with E-state index in [2.05, 4.69) is 21.6 Å². The molecule has 34 heavy (non-hydrogen) atoms. The molecule has 2 heterocycles. The van der Waals surface area contributed by atoms with E-state index in [-0.39, 0.29) is 17.2 Å². The van der Waals surface area contributed by atoms with Crippen molar-refractivity contribution >= 4 is 34.3 Å². The standard InChI is InChI=1S/C26H27N5O2S/c32-23(27-16-15-19-9-3-1-4-10-19)18-34-26-29-28-25-30(17-20-11-5-2-6-12-20)24(33)21-13-7-8-14-22(21)31(25)26/h2,5-9,11-14H,1,3-4,10,15-18H2,(H,27,32). The number of para-hydroxylation sites is 1. The van der Waals surface area contributed by atoms with E-state index in [1.807, 2.05) is 59.0 Å². The lowest BCUT2D eigenvalue weighted by atomic mass is 9.97. The van der Waals surface area contributed by atoms with Gasteiger partial charge in [-0.05, 0) is 49.8 Å². The minimum absolute atomic E-state index is 0.0277. The zero-order chi connectivity index (χ0) is 23.3. The number of rotatable bonds is 8. The molecule has 0 aliphatic heterocycles. The topological polar surface area (TPSA) is 81.3 Å². The van der Waals surface area contributed by atoms with Crippen molar-refractivity contribution in [2.75, 3.05) is 12.3 Å². The van der Waals surface area contributed by atoms with E-state index < -0.39 is 0 Å². The molecule has 0 spiro atoms. The van der Waals surface area contributed by atoms with E-state index in [0.29, 0.717) is 29.4 Å².